The Kier molecular flexibility index (Phi) is 5.14. The van der Waals surface area contributed by atoms with Crippen LogP contribution in [0.3, 0.4) is 0 Å². The molecule has 0 aromatic carbocycles. The molecule has 0 heterocycles. The van der Waals surface area contributed by atoms with E-state index in [0.29, 0.717) is 6.54 Å². The van der Waals surface area contributed by atoms with Crippen molar-refractivity contribution in [2.24, 2.45) is 11.1 Å². The zero-order chi connectivity index (χ0) is 14.5. The maximum Gasteiger partial charge on any atom is 0.326 e. The van der Waals surface area contributed by atoms with Crippen molar-refractivity contribution in [3.8, 4) is 0 Å². The first kappa shape index (κ1) is 15.3. The van der Waals surface area contributed by atoms with Crippen molar-refractivity contribution in [1.82, 2.24) is 10.6 Å². The zero-order valence-corrected chi connectivity index (χ0v) is 11.1. The van der Waals surface area contributed by atoms with E-state index in [4.69, 9.17) is 10.8 Å². The molecule has 1 rings (SSSR count). The highest BCUT2D eigenvalue weighted by Gasteiger charge is 2.29. The van der Waals surface area contributed by atoms with Gasteiger partial charge in [-0.3, -0.25) is 4.79 Å². The summed E-state index contributed by atoms with van der Waals surface area (Å²) in [5.74, 6) is -2.04. The molecule has 0 saturated heterocycles. The lowest BCUT2D eigenvalue weighted by Gasteiger charge is -2.24. The van der Waals surface area contributed by atoms with Gasteiger partial charge in [0.1, 0.15) is 6.04 Å². The number of nitrogens with one attached hydrogen (secondary N) is 2. The van der Waals surface area contributed by atoms with Gasteiger partial charge in [0, 0.05) is 6.54 Å². The minimum absolute atomic E-state index is 0.0831. The Hall–Kier alpha value is -1.79. The van der Waals surface area contributed by atoms with Crippen LogP contribution in [-0.2, 0) is 9.59 Å². The van der Waals surface area contributed by atoms with E-state index in [0.717, 1.165) is 25.7 Å². The average Bonchev–Trinajstić information content (AvgIpc) is 2.73. The van der Waals surface area contributed by atoms with Crippen LogP contribution in [0.25, 0.3) is 0 Å². The number of carboxylic acid groups (broad SMARTS) is 1. The number of amides is 3. The summed E-state index contributed by atoms with van der Waals surface area (Å²) in [6, 6.07) is -1.87. The summed E-state index contributed by atoms with van der Waals surface area (Å²) in [6.07, 6.45) is 3.99. The van der Waals surface area contributed by atoms with Crippen molar-refractivity contribution < 1.29 is 19.5 Å². The first-order chi connectivity index (χ1) is 8.82. The number of carbonyl (C=O) groups is 3. The number of carbonyl (C=O) groups excluding carboxylic acids is 2. The molecule has 1 aliphatic rings. The van der Waals surface area contributed by atoms with Crippen LogP contribution in [0.1, 0.15) is 39.0 Å². The molecule has 7 nitrogen and oxygen atoms in total. The second-order valence-corrected chi connectivity index (χ2v) is 5.41. The van der Waals surface area contributed by atoms with Crippen molar-refractivity contribution in [3.05, 3.63) is 0 Å². The molecule has 0 bridgehead atoms. The molecular weight excluding hydrogens is 250 g/mol. The average molecular weight is 271 g/mol. The molecule has 7 heteroatoms. The number of urea groups is 1. The third-order valence-electron chi connectivity index (χ3n) is 3.50. The Morgan fingerprint density at radius 1 is 1.32 bits per heavy atom. The fraction of sp³-hybridized carbons (Fsp3) is 0.750. The van der Waals surface area contributed by atoms with Crippen LogP contribution in [0.2, 0.25) is 0 Å². The van der Waals surface area contributed by atoms with Gasteiger partial charge >= 0.3 is 12.0 Å². The molecule has 0 radical (unpaired) electrons. The minimum Gasteiger partial charge on any atom is -0.480 e. The molecular formula is C12H21N3O4. The van der Waals surface area contributed by atoms with Gasteiger partial charge in [-0.2, -0.15) is 0 Å². The van der Waals surface area contributed by atoms with Crippen LogP contribution < -0.4 is 16.4 Å². The van der Waals surface area contributed by atoms with Crippen LogP contribution in [0.5, 0.6) is 0 Å². The Labute approximate surface area is 111 Å². The Bertz CT molecular complexity index is 364. The molecule has 1 aliphatic carbocycles. The van der Waals surface area contributed by atoms with Gasteiger partial charge in [-0.25, -0.2) is 9.59 Å². The predicted molar refractivity (Wildman–Crippen MR) is 68.3 cm³/mol. The standard InChI is InChI=1S/C12H21N3O4/c1-12(4-2-3-5-12)7-14-11(19)15-8(10(17)18)6-9(13)16/h8H,2-7H2,1H3,(H2,13,16)(H,17,18)(H2,14,15,19)/t8-/m1/s1. The highest BCUT2D eigenvalue weighted by atomic mass is 16.4. The summed E-state index contributed by atoms with van der Waals surface area (Å²) in [4.78, 5) is 33.1. The van der Waals surface area contributed by atoms with Gasteiger partial charge in [-0.05, 0) is 18.3 Å². The van der Waals surface area contributed by atoms with Crippen LogP contribution >= 0.6 is 0 Å². The third kappa shape index (κ3) is 5.15. The van der Waals surface area contributed by atoms with E-state index >= 15 is 0 Å². The number of hydrogen-bond donors (Lipinski definition) is 4. The summed E-state index contributed by atoms with van der Waals surface area (Å²) in [6.45, 7) is 2.60. The number of carboxylic acids is 1. The van der Waals surface area contributed by atoms with Gasteiger partial charge in [-0.15, -0.1) is 0 Å². The minimum atomic E-state index is -1.28. The van der Waals surface area contributed by atoms with E-state index in [2.05, 4.69) is 17.6 Å². The van der Waals surface area contributed by atoms with E-state index < -0.39 is 30.4 Å². The van der Waals surface area contributed by atoms with Crippen LogP contribution in [0.4, 0.5) is 4.79 Å². The molecule has 19 heavy (non-hydrogen) atoms. The van der Waals surface area contributed by atoms with Gasteiger partial charge in [0.2, 0.25) is 5.91 Å². The second-order valence-electron chi connectivity index (χ2n) is 5.41. The second kappa shape index (κ2) is 6.40. The summed E-state index contributed by atoms with van der Waals surface area (Å²) >= 11 is 0. The Morgan fingerprint density at radius 2 is 1.89 bits per heavy atom. The van der Waals surface area contributed by atoms with Crippen molar-refractivity contribution in [2.75, 3.05) is 6.54 Å². The fourth-order valence-corrected chi connectivity index (χ4v) is 2.31. The van der Waals surface area contributed by atoms with Crippen molar-refractivity contribution in [3.63, 3.8) is 0 Å². The van der Waals surface area contributed by atoms with Crippen LogP contribution in [-0.4, -0.2) is 35.6 Å². The number of rotatable bonds is 6. The molecule has 3 amide bonds. The van der Waals surface area contributed by atoms with Crippen LogP contribution in [0, 0.1) is 5.41 Å². The van der Waals surface area contributed by atoms with E-state index in [1.807, 2.05) is 0 Å². The van der Waals surface area contributed by atoms with Gasteiger partial charge in [-0.1, -0.05) is 19.8 Å². The molecule has 0 spiro atoms. The molecule has 108 valence electrons. The summed E-state index contributed by atoms with van der Waals surface area (Å²) in [5, 5.41) is 13.7. The molecule has 0 aromatic heterocycles. The Balaban J connectivity index is 2.40. The highest BCUT2D eigenvalue weighted by molar-refractivity contribution is 5.87. The topological polar surface area (TPSA) is 122 Å². The number of nitrogens with two attached hydrogens (primary N) is 1. The molecule has 1 fully saturated rings. The lowest BCUT2D eigenvalue weighted by Crippen LogP contribution is -2.49. The largest absolute Gasteiger partial charge is 0.480 e. The first-order valence-electron chi connectivity index (χ1n) is 6.38. The van der Waals surface area contributed by atoms with Crippen molar-refractivity contribution >= 4 is 17.9 Å². The fourth-order valence-electron chi connectivity index (χ4n) is 2.31. The lowest BCUT2D eigenvalue weighted by atomic mass is 9.89. The van der Waals surface area contributed by atoms with E-state index in [9.17, 15) is 14.4 Å². The summed E-state index contributed by atoms with van der Waals surface area (Å²) in [5.41, 5.74) is 5.01. The van der Waals surface area contributed by atoms with Crippen molar-refractivity contribution in [2.45, 2.75) is 45.1 Å². The van der Waals surface area contributed by atoms with Gasteiger partial charge in [0.05, 0.1) is 6.42 Å². The van der Waals surface area contributed by atoms with E-state index in [1.54, 1.807) is 0 Å². The van der Waals surface area contributed by atoms with E-state index in [-0.39, 0.29) is 5.41 Å². The molecule has 1 saturated carbocycles. The normalized spacial score (nSPS) is 18.6. The van der Waals surface area contributed by atoms with E-state index in [1.165, 1.54) is 0 Å². The molecule has 0 aromatic rings. The third-order valence-corrected chi connectivity index (χ3v) is 3.50. The lowest BCUT2D eigenvalue weighted by molar-refractivity contribution is -0.140. The predicted octanol–water partition coefficient (Wildman–Crippen LogP) is 0.194. The Morgan fingerprint density at radius 3 is 2.37 bits per heavy atom. The molecule has 1 atom stereocenters. The van der Waals surface area contributed by atoms with Gasteiger partial charge < -0.3 is 21.5 Å². The van der Waals surface area contributed by atoms with Crippen molar-refractivity contribution in [1.29, 1.82) is 0 Å². The number of hydrogen-bond acceptors (Lipinski definition) is 3. The quantitative estimate of drug-likeness (QED) is 0.551. The molecule has 0 aliphatic heterocycles. The molecule has 5 N–H and O–H groups in total. The monoisotopic (exact) mass is 271 g/mol. The van der Waals surface area contributed by atoms with Gasteiger partial charge in [0.15, 0.2) is 0 Å². The van der Waals surface area contributed by atoms with Gasteiger partial charge in [0.25, 0.3) is 0 Å². The smallest absolute Gasteiger partial charge is 0.326 e. The zero-order valence-electron chi connectivity index (χ0n) is 11.1. The highest BCUT2D eigenvalue weighted by Crippen LogP contribution is 2.36. The first-order valence-corrected chi connectivity index (χ1v) is 6.38. The number of primary amides is 1. The summed E-state index contributed by atoms with van der Waals surface area (Å²) < 4.78 is 0. The SMILES string of the molecule is CC1(CNC(=O)N[C@H](CC(N)=O)C(=O)O)CCCC1. The number of aliphatic carboxylic acids is 1. The molecule has 0 unspecified atom stereocenters. The maximum atomic E-state index is 11.6. The summed E-state index contributed by atoms with van der Waals surface area (Å²) in [7, 11) is 0. The maximum absolute atomic E-state index is 11.6. The van der Waals surface area contributed by atoms with Crippen LogP contribution in [0.15, 0.2) is 0 Å².